The number of anilines is 1. The first-order chi connectivity index (χ1) is 8.49. The maximum Gasteiger partial charge on any atom is 0.267 e. The van der Waals surface area contributed by atoms with Crippen molar-refractivity contribution in [1.82, 2.24) is 9.88 Å². The highest BCUT2D eigenvalue weighted by molar-refractivity contribution is 6.06. The SMILES string of the molecule is CN1C(=O)CC(Nc2ccnc(C(N)=O)c2)C1=O. The molecule has 1 aromatic heterocycles. The van der Waals surface area contributed by atoms with Gasteiger partial charge in [-0.25, -0.2) is 0 Å². The number of primary amides is 1. The van der Waals surface area contributed by atoms with Gasteiger partial charge in [0, 0.05) is 18.9 Å². The van der Waals surface area contributed by atoms with Gasteiger partial charge in [-0.05, 0) is 12.1 Å². The zero-order chi connectivity index (χ0) is 13.3. The smallest absolute Gasteiger partial charge is 0.267 e. The molecular formula is C11H12N4O3. The lowest BCUT2D eigenvalue weighted by Crippen LogP contribution is -2.31. The Bertz CT molecular complexity index is 529. The first-order valence-electron chi connectivity index (χ1n) is 5.32. The van der Waals surface area contributed by atoms with Gasteiger partial charge >= 0.3 is 0 Å². The normalized spacial score (nSPS) is 19.2. The first-order valence-corrected chi connectivity index (χ1v) is 5.32. The maximum atomic E-state index is 11.7. The van der Waals surface area contributed by atoms with E-state index < -0.39 is 11.9 Å². The van der Waals surface area contributed by atoms with Crippen LogP contribution in [-0.4, -0.2) is 40.7 Å². The van der Waals surface area contributed by atoms with Crippen LogP contribution in [0.1, 0.15) is 16.9 Å². The fraction of sp³-hybridized carbons (Fsp3) is 0.273. The minimum Gasteiger partial charge on any atom is -0.373 e. The number of nitrogens with two attached hydrogens (primary N) is 1. The van der Waals surface area contributed by atoms with Gasteiger partial charge in [0.15, 0.2) is 0 Å². The molecule has 1 saturated heterocycles. The number of nitrogens with zero attached hydrogens (tertiary/aromatic N) is 2. The molecule has 0 aliphatic carbocycles. The van der Waals surface area contributed by atoms with Crippen LogP contribution in [0.3, 0.4) is 0 Å². The Labute approximate surface area is 103 Å². The van der Waals surface area contributed by atoms with E-state index >= 15 is 0 Å². The number of amides is 3. The summed E-state index contributed by atoms with van der Waals surface area (Å²) in [6.45, 7) is 0. The summed E-state index contributed by atoms with van der Waals surface area (Å²) in [5.41, 5.74) is 5.73. The van der Waals surface area contributed by atoms with Crippen molar-refractivity contribution >= 4 is 23.4 Å². The molecule has 2 rings (SSSR count). The molecule has 1 atom stereocenters. The van der Waals surface area contributed by atoms with E-state index in [-0.39, 0.29) is 23.9 Å². The van der Waals surface area contributed by atoms with E-state index in [0.29, 0.717) is 5.69 Å². The number of carbonyl (C=O) groups excluding carboxylic acids is 3. The van der Waals surface area contributed by atoms with E-state index in [1.807, 2.05) is 0 Å². The summed E-state index contributed by atoms with van der Waals surface area (Å²) >= 11 is 0. The molecule has 18 heavy (non-hydrogen) atoms. The Kier molecular flexibility index (Phi) is 2.97. The van der Waals surface area contributed by atoms with E-state index in [4.69, 9.17) is 5.73 Å². The Hall–Kier alpha value is -2.44. The molecule has 0 aromatic carbocycles. The summed E-state index contributed by atoms with van der Waals surface area (Å²) in [5, 5.41) is 2.89. The minimum absolute atomic E-state index is 0.101. The molecule has 7 heteroatoms. The molecule has 3 amide bonds. The van der Waals surface area contributed by atoms with Gasteiger partial charge in [-0.3, -0.25) is 24.3 Å². The zero-order valence-corrected chi connectivity index (χ0v) is 9.71. The van der Waals surface area contributed by atoms with Gasteiger partial charge in [-0.15, -0.1) is 0 Å². The molecule has 1 aliphatic rings. The standard InChI is InChI=1S/C11H12N4O3/c1-15-9(16)5-8(11(15)18)14-6-2-3-13-7(4-6)10(12)17/h2-4,8H,5H2,1H3,(H2,12,17)(H,13,14). The molecule has 1 aliphatic heterocycles. The van der Waals surface area contributed by atoms with Gasteiger partial charge in [0.1, 0.15) is 11.7 Å². The third-order valence-electron chi connectivity index (χ3n) is 2.73. The monoisotopic (exact) mass is 248 g/mol. The topological polar surface area (TPSA) is 105 Å². The highest BCUT2D eigenvalue weighted by atomic mass is 16.2. The summed E-state index contributed by atoms with van der Waals surface area (Å²) in [6.07, 6.45) is 1.51. The fourth-order valence-corrected chi connectivity index (χ4v) is 1.72. The average molecular weight is 248 g/mol. The van der Waals surface area contributed by atoms with Crippen LogP contribution < -0.4 is 11.1 Å². The van der Waals surface area contributed by atoms with Crippen molar-refractivity contribution in [2.45, 2.75) is 12.5 Å². The summed E-state index contributed by atoms with van der Waals surface area (Å²) < 4.78 is 0. The zero-order valence-electron chi connectivity index (χ0n) is 9.71. The number of hydrogen-bond donors (Lipinski definition) is 2. The minimum atomic E-state index is -0.649. The van der Waals surface area contributed by atoms with Crippen LogP contribution in [0.25, 0.3) is 0 Å². The Morgan fingerprint density at radius 3 is 2.83 bits per heavy atom. The van der Waals surface area contributed by atoms with E-state index in [1.165, 1.54) is 19.3 Å². The molecule has 1 fully saturated rings. The Morgan fingerprint density at radius 2 is 2.28 bits per heavy atom. The maximum absolute atomic E-state index is 11.7. The number of hydrogen-bond acceptors (Lipinski definition) is 5. The van der Waals surface area contributed by atoms with Crippen molar-refractivity contribution < 1.29 is 14.4 Å². The number of aromatic nitrogens is 1. The highest BCUT2D eigenvalue weighted by Gasteiger charge is 2.35. The fourth-order valence-electron chi connectivity index (χ4n) is 1.72. The van der Waals surface area contributed by atoms with Gasteiger partial charge in [0.2, 0.25) is 5.91 Å². The summed E-state index contributed by atoms with van der Waals surface area (Å²) in [6, 6.07) is 2.44. The molecule has 2 heterocycles. The number of likely N-dealkylation sites (tertiary alicyclic amines) is 1. The van der Waals surface area contributed by atoms with Gasteiger partial charge < -0.3 is 11.1 Å². The van der Waals surface area contributed by atoms with Crippen molar-refractivity contribution in [2.75, 3.05) is 12.4 Å². The van der Waals surface area contributed by atoms with E-state index in [1.54, 1.807) is 6.07 Å². The lowest BCUT2D eigenvalue weighted by molar-refractivity contribution is -0.136. The van der Waals surface area contributed by atoms with Crippen LogP contribution >= 0.6 is 0 Å². The highest BCUT2D eigenvalue weighted by Crippen LogP contribution is 2.17. The van der Waals surface area contributed by atoms with Crippen LogP contribution in [0.5, 0.6) is 0 Å². The van der Waals surface area contributed by atoms with Crippen LogP contribution in [-0.2, 0) is 9.59 Å². The Balaban J connectivity index is 2.15. The van der Waals surface area contributed by atoms with E-state index in [9.17, 15) is 14.4 Å². The third kappa shape index (κ3) is 2.15. The quantitative estimate of drug-likeness (QED) is 0.691. The van der Waals surface area contributed by atoms with E-state index in [2.05, 4.69) is 10.3 Å². The average Bonchev–Trinajstić information content (AvgIpc) is 2.57. The van der Waals surface area contributed by atoms with Crippen LogP contribution in [0, 0.1) is 0 Å². The largest absolute Gasteiger partial charge is 0.373 e. The molecule has 1 unspecified atom stereocenters. The van der Waals surface area contributed by atoms with Gasteiger partial charge in [-0.1, -0.05) is 0 Å². The number of nitrogens with one attached hydrogen (secondary N) is 1. The molecule has 94 valence electrons. The molecule has 1 aromatic rings. The number of carbonyl (C=O) groups is 3. The van der Waals surface area contributed by atoms with Crippen LogP contribution in [0.15, 0.2) is 18.3 Å². The number of likely N-dealkylation sites (N-methyl/N-ethyl adjacent to an activating group) is 1. The second-order valence-corrected chi connectivity index (χ2v) is 3.99. The number of rotatable bonds is 3. The second-order valence-electron chi connectivity index (χ2n) is 3.99. The first kappa shape index (κ1) is 12.0. The van der Waals surface area contributed by atoms with Gasteiger partial charge in [-0.2, -0.15) is 0 Å². The summed E-state index contributed by atoms with van der Waals surface area (Å²) in [7, 11) is 1.44. The van der Waals surface area contributed by atoms with Crippen molar-refractivity contribution in [3.8, 4) is 0 Å². The molecule has 0 saturated carbocycles. The number of imide groups is 1. The second kappa shape index (κ2) is 4.44. The predicted molar refractivity (Wildman–Crippen MR) is 62.6 cm³/mol. The predicted octanol–water partition coefficient (Wildman–Crippen LogP) is -0.650. The van der Waals surface area contributed by atoms with Crippen molar-refractivity contribution in [3.63, 3.8) is 0 Å². The van der Waals surface area contributed by atoms with E-state index in [0.717, 1.165) is 4.90 Å². The number of pyridine rings is 1. The third-order valence-corrected chi connectivity index (χ3v) is 2.73. The van der Waals surface area contributed by atoms with Crippen molar-refractivity contribution in [3.05, 3.63) is 24.0 Å². The van der Waals surface area contributed by atoms with Crippen molar-refractivity contribution in [2.24, 2.45) is 5.73 Å². The van der Waals surface area contributed by atoms with Gasteiger partial charge in [0.05, 0.1) is 6.42 Å². The van der Waals surface area contributed by atoms with Crippen molar-refractivity contribution in [1.29, 1.82) is 0 Å². The molecule has 3 N–H and O–H groups in total. The lowest BCUT2D eigenvalue weighted by Gasteiger charge is -2.12. The lowest BCUT2D eigenvalue weighted by atomic mass is 10.2. The van der Waals surface area contributed by atoms with Gasteiger partial charge in [0.25, 0.3) is 11.8 Å². The Morgan fingerprint density at radius 1 is 1.56 bits per heavy atom. The molecule has 7 nitrogen and oxygen atoms in total. The summed E-state index contributed by atoms with van der Waals surface area (Å²) in [5.74, 6) is -1.18. The molecule has 0 bridgehead atoms. The summed E-state index contributed by atoms with van der Waals surface area (Å²) in [4.78, 5) is 38.8. The molecule has 0 spiro atoms. The molecule has 0 radical (unpaired) electrons. The molecular weight excluding hydrogens is 236 g/mol. The van der Waals surface area contributed by atoms with Crippen LogP contribution in [0.4, 0.5) is 5.69 Å². The van der Waals surface area contributed by atoms with Crippen LogP contribution in [0.2, 0.25) is 0 Å².